The Labute approximate surface area is 101 Å². The SMILES string of the molecule is BrCBr.CC(=O)C1CCCN1C(C)=O. The van der Waals surface area contributed by atoms with Crippen molar-refractivity contribution >= 4 is 43.6 Å². The van der Waals surface area contributed by atoms with Crippen LogP contribution in [-0.2, 0) is 9.59 Å². The lowest BCUT2D eigenvalue weighted by Crippen LogP contribution is -2.37. The highest BCUT2D eigenvalue weighted by molar-refractivity contribution is 9.24. The Hall–Kier alpha value is 0.1000. The molecule has 1 fully saturated rings. The zero-order valence-corrected chi connectivity index (χ0v) is 11.6. The first kappa shape index (κ1) is 14.1. The third-order valence-electron chi connectivity index (χ3n) is 2.13. The number of alkyl halides is 2. The van der Waals surface area contributed by atoms with E-state index in [4.69, 9.17) is 0 Å². The molecule has 0 radical (unpaired) electrons. The van der Waals surface area contributed by atoms with Crippen LogP contribution in [-0.4, -0.2) is 33.4 Å². The molecule has 5 heteroatoms. The first-order valence-electron chi connectivity index (χ1n) is 4.44. The molecule has 0 bridgehead atoms. The van der Waals surface area contributed by atoms with Gasteiger partial charge < -0.3 is 4.90 Å². The highest BCUT2D eigenvalue weighted by Crippen LogP contribution is 2.17. The van der Waals surface area contributed by atoms with Gasteiger partial charge in [0.05, 0.1) is 10.3 Å². The van der Waals surface area contributed by atoms with Gasteiger partial charge in [-0.3, -0.25) is 9.59 Å². The molecule has 1 unspecified atom stereocenters. The van der Waals surface area contributed by atoms with E-state index in [9.17, 15) is 9.59 Å². The minimum absolute atomic E-state index is 0.0164. The third-order valence-corrected chi connectivity index (χ3v) is 2.13. The molecule has 0 spiro atoms. The van der Waals surface area contributed by atoms with E-state index in [-0.39, 0.29) is 17.7 Å². The number of rotatable bonds is 1. The Morgan fingerprint density at radius 2 is 1.86 bits per heavy atom. The molecule has 14 heavy (non-hydrogen) atoms. The van der Waals surface area contributed by atoms with Gasteiger partial charge in [0.15, 0.2) is 5.78 Å². The van der Waals surface area contributed by atoms with Crippen molar-refractivity contribution in [3.8, 4) is 0 Å². The van der Waals surface area contributed by atoms with Crippen LogP contribution in [0.25, 0.3) is 0 Å². The lowest BCUT2D eigenvalue weighted by atomic mass is 10.1. The van der Waals surface area contributed by atoms with Gasteiger partial charge >= 0.3 is 0 Å². The van der Waals surface area contributed by atoms with E-state index < -0.39 is 0 Å². The van der Waals surface area contributed by atoms with Gasteiger partial charge in [0, 0.05) is 13.5 Å². The molecular weight excluding hydrogens is 314 g/mol. The van der Waals surface area contributed by atoms with Crippen LogP contribution in [0.3, 0.4) is 0 Å². The number of halogens is 2. The smallest absolute Gasteiger partial charge is 0.220 e. The van der Waals surface area contributed by atoms with Gasteiger partial charge in [0.25, 0.3) is 0 Å². The van der Waals surface area contributed by atoms with E-state index in [1.54, 1.807) is 11.8 Å². The van der Waals surface area contributed by atoms with Crippen LogP contribution >= 0.6 is 31.9 Å². The molecular formula is C9H15Br2NO2. The molecule has 3 nitrogen and oxygen atoms in total. The van der Waals surface area contributed by atoms with Crippen LogP contribution in [0.5, 0.6) is 0 Å². The molecule has 1 aliphatic heterocycles. The number of hydrogen-bond donors (Lipinski definition) is 0. The van der Waals surface area contributed by atoms with Crippen molar-refractivity contribution in [3.05, 3.63) is 0 Å². The summed E-state index contributed by atoms with van der Waals surface area (Å²) in [6.07, 6.45) is 1.80. The monoisotopic (exact) mass is 327 g/mol. The molecule has 1 amide bonds. The molecule has 82 valence electrons. The Bertz CT molecular complexity index is 189. The van der Waals surface area contributed by atoms with Crippen molar-refractivity contribution in [2.75, 3.05) is 10.8 Å². The Morgan fingerprint density at radius 3 is 2.14 bits per heavy atom. The van der Waals surface area contributed by atoms with Crippen molar-refractivity contribution in [2.45, 2.75) is 32.7 Å². The van der Waals surface area contributed by atoms with Crippen LogP contribution < -0.4 is 0 Å². The fourth-order valence-electron chi connectivity index (χ4n) is 1.57. The summed E-state index contributed by atoms with van der Waals surface area (Å²) < 4.78 is 0.875. The van der Waals surface area contributed by atoms with Gasteiger partial charge in [0.1, 0.15) is 0 Å². The molecule has 0 aromatic rings. The zero-order chi connectivity index (χ0) is 11.1. The lowest BCUT2D eigenvalue weighted by Gasteiger charge is -2.20. The minimum Gasteiger partial charge on any atom is -0.333 e. The van der Waals surface area contributed by atoms with Gasteiger partial charge in [-0.25, -0.2) is 0 Å². The molecule has 0 saturated carbocycles. The summed E-state index contributed by atoms with van der Waals surface area (Å²) in [7, 11) is 0. The van der Waals surface area contributed by atoms with E-state index in [1.807, 2.05) is 0 Å². The number of hydrogen-bond acceptors (Lipinski definition) is 2. The van der Waals surface area contributed by atoms with Crippen LogP contribution in [0.1, 0.15) is 26.7 Å². The van der Waals surface area contributed by atoms with Crippen LogP contribution in [0, 0.1) is 0 Å². The van der Waals surface area contributed by atoms with Gasteiger partial charge in [-0.05, 0) is 19.8 Å². The highest BCUT2D eigenvalue weighted by atomic mass is 79.9. The summed E-state index contributed by atoms with van der Waals surface area (Å²) >= 11 is 6.12. The van der Waals surface area contributed by atoms with Crippen molar-refractivity contribution < 1.29 is 9.59 Å². The second-order valence-corrected chi connectivity index (χ2v) is 5.71. The van der Waals surface area contributed by atoms with Crippen LogP contribution in [0.4, 0.5) is 0 Å². The zero-order valence-electron chi connectivity index (χ0n) is 8.43. The number of nitrogens with zero attached hydrogens (tertiary/aromatic N) is 1. The van der Waals surface area contributed by atoms with E-state index in [2.05, 4.69) is 31.9 Å². The highest BCUT2D eigenvalue weighted by Gasteiger charge is 2.29. The summed E-state index contributed by atoms with van der Waals surface area (Å²) in [5.74, 6) is 0.125. The number of ketones is 1. The summed E-state index contributed by atoms with van der Waals surface area (Å²) in [6.45, 7) is 3.81. The lowest BCUT2D eigenvalue weighted by molar-refractivity contribution is -0.135. The summed E-state index contributed by atoms with van der Waals surface area (Å²) in [6, 6.07) is -0.132. The number of carbonyl (C=O) groups excluding carboxylic acids is 2. The van der Waals surface area contributed by atoms with Crippen molar-refractivity contribution in [3.63, 3.8) is 0 Å². The van der Waals surface area contributed by atoms with Gasteiger partial charge in [0.2, 0.25) is 5.91 Å². The average Bonchev–Trinajstić information content (AvgIpc) is 2.52. The van der Waals surface area contributed by atoms with Gasteiger partial charge in [-0.1, -0.05) is 31.9 Å². The van der Waals surface area contributed by atoms with Crippen LogP contribution in [0.2, 0.25) is 0 Å². The molecule has 1 heterocycles. The molecule has 1 saturated heterocycles. The van der Waals surface area contributed by atoms with E-state index in [0.29, 0.717) is 0 Å². The number of Topliss-reactive ketones (excluding diaryl/α,β-unsaturated/α-hetero) is 1. The molecule has 0 N–H and O–H groups in total. The number of amides is 1. The average molecular weight is 329 g/mol. The topological polar surface area (TPSA) is 37.4 Å². The predicted octanol–water partition coefficient (Wildman–Crippen LogP) is 2.32. The van der Waals surface area contributed by atoms with E-state index in [1.165, 1.54) is 6.92 Å². The second kappa shape index (κ2) is 7.40. The Balaban J connectivity index is 0.000000500. The Kier molecular flexibility index (Phi) is 7.45. The fraction of sp³-hybridized carbons (Fsp3) is 0.778. The third kappa shape index (κ3) is 4.55. The van der Waals surface area contributed by atoms with Gasteiger partial charge in [-0.2, -0.15) is 0 Å². The quantitative estimate of drug-likeness (QED) is 0.693. The van der Waals surface area contributed by atoms with Crippen LogP contribution in [0.15, 0.2) is 0 Å². The first-order chi connectivity index (χ1) is 6.54. The molecule has 0 aromatic carbocycles. The summed E-state index contributed by atoms with van der Waals surface area (Å²) in [4.78, 5) is 23.6. The van der Waals surface area contributed by atoms with Crippen molar-refractivity contribution in [2.24, 2.45) is 0 Å². The van der Waals surface area contributed by atoms with Crippen molar-refractivity contribution in [1.29, 1.82) is 0 Å². The maximum Gasteiger partial charge on any atom is 0.220 e. The largest absolute Gasteiger partial charge is 0.333 e. The maximum absolute atomic E-state index is 11.0. The van der Waals surface area contributed by atoms with Crippen molar-refractivity contribution in [1.82, 2.24) is 4.90 Å². The number of carbonyl (C=O) groups is 2. The minimum atomic E-state index is -0.132. The molecule has 1 atom stereocenters. The predicted molar refractivity (Wildman–Crippen MR) is 63.8 cm³/mol. The Morgan fingerprint density at radius 1 is 1.36 bits per heavy atom. The first-order valence-corrected chi connectivity index (χ1v) is 6.68. The maximum atomic E-state index is 11.0. The normalized spacial score (nSPS) is 20.0. The molecule has 0 aliphatic carbocycles. The second-order valence-electron chi connectivity index (χ2n) is 3.08. The number of likely N-dealkylation sites (tertiary alicyclic amines) is 1. The molecule has 0 aromatic heterocycles. The standard InChI is InChI=1S/C8H13NO2.CH2Br2/c1-6(10)8-4-3-5-9(8)7(2)11;2-1-3/h8H,3-5H2,1-2H3;1H2. The summed E-state index contributed by atoms with van der Waals surface area (Å²) in [5, 5.41) is 0. The summed E-state index contributed by atoms with van der Waals surface area (Å²) in [5.41, 5.74) is 0. The molecule has 1 rings (SSSR count). The van der Waals surface area contributed by atoms with Gasteiger partial charge in [-0.15, -0.1) is 0 Å². The molecule has 1 aliphatic rings. The van der Waals surface area contributed by atoms with E-state index in [0.717, 1.165) is 23.6 Å². The van der Waals surface area contributed by atoms with E-state index >= 15 is 0 Å². The fourth-order valence-corrected chi connectivity index (χ4v) is 1.57.